The average Bonchev–Trinajstić information content (AvgIpc) is 2.69. The molecule has 176 valence electrons. The lowest BCUT2D eigenvalue weighted by Crippen LogP contribution is -2.50. The van der Waals surface area contributed by atoms with Gasteiger partial charge in [0.05, 0.1) is 5.52 Å². The number of alkyl carbamates (subject to hydrolysis) is 1. The first-order valence-electron chi connectivity index (χ1n) is 9.94. The highest BCUT2D eigenvalue weighted by Gasteiger charge is 2.28. The molecule has 1 atom stereocenters. The summed E-state index contributed by atoms with van der Waals surface area (Å²) in [6.07, 6.45) is 2.11. The van der Waals surface area contributed by atoms with Crippen molar-refractivity contribution >= 4 is 42.1 Å². The van der Waals surface area contributed by atoms with Gasteiger partial charge < -0.3 is 15.0 Å². The second-order valence-electron chi connectivity index (χ2n) is 8.34. The van der Waals surface area contributed by atoms with Crippen molar-refractivity contribution in [2.75, 3.05) is 11.9 Å². The van der Waals surface area contributed by atoms with Gasteiger partial charge in [0, 0.05) is 36.8 Å². The largest absolute Gasteiger partial charge is 0.444 e. The molecule has 0 radical (unpaired) electrons. The lowest BCUT2D eigenvalue weighted by molar-refractivity contribution is -0.120. The number of fused-ring (bicyclic) bond motifs is 1. The van der Waals surface area contributed by atoms with E-state index in [9.17, 15) is 18.4 Å². The molecule has 0 saturated heterocycles. The Morgan fingerprint density at radius 1 is 1.12 bits per heavy atom. The Bertz CT molecular complexity index is 1130. The molecule has 2 amide bonds. The molecule has 1 heterocycles. The van der Waals surface area contributed by atoms with E-state index < -0.39 is 35.3 Å². The van der Waals surface area contributed by atoms with Crippen LogP contribution in [0, 0.1) is 11.6 Å². The van der Waals surface area contributed by atoms with Crippen LogP contribution in [-0.4, -0.2) is 40.7 Å². The van der Waals surface area contributed by atoms with Crippen molar-refractivity contribution in [1.29, 1.82) is 0 Å². The Morgan fingerprint density at radius 2 is 1.79 bits per heavy atom. The fraction of sp³-hybridized carbons (Fsp3) is 0.304. The van der Waals surface area contributed by atoms with Gasteiger partial charge in [0.2, 0.25) is 5.91 Å². The van der Waals surface area contributed by atoms with Crippen LogP contribution in [0.5, 0.6) is 0 Å². The molecule has 1 aromatic heterocycles. The Morgan fingerprint density at radius 3 is 2.42 bits per heavy atom. The van der Waals surface area contributed by atoms with Gasteiger partial charge in [0.15, 0.2) is 0 Å². The molecule has 7 nitrogen and oxygen atoms in total. The van der Waals surface area contributed by atoms with Crippen LogP contribution in [0.15, 0.2) is 48.9 Å². The SMILES string of the molecule is CN(C(=O)[C@H](Cc1cc(F)cc(F)c1)NC(=O)OC(C)(C)C)c1ccc2cncnc2c1.S. The van der Waals surface area contributed by atoms with Crippen LogP contribution in [0.3, 0.4) is 0 Å². The molecular weight excluding hydrogens is 450 g/mol. The van der Waals surface area contributed by atoms with Gasteiger partial charge in [-0.1, -0.05) is 0 Å². The molecule has 33 heavy (non-hydrogen) atoms. The predicted molar refractivity (Wildman–Crippen MR) is 127 cm³/mol. The van der Waals surface area contributed by atoms with Gasteiger partial charge in [-0.05, 0) is 56.7 Å². The zero-order chi connectivity index (χ0) is 23.5. The maximum atomic E-state index is 13.7. The topological polar surface area (TPSA) is 84.4 Å². The van der Waals surface area contributed by atoms with Gasteiger partial charge >= 0.3 is 6.09 Å². The summed E-state index contributed by atoms with van der Waals surface area (Å²) in [7, 11) is 1.54. The van der Waals surface area contributed by atoms with Gasteiger partial charge in [-0.25, -0.2) is 23.5 Å². The Kier molecular flexibility index (Phi) is 8.32. The van der Waals surface area contributed by atoms with E-state index in [4.69, 9.17) is 4.74 Å². The third-order valence-electron chi connectivity index (χ3n) is 4.56. The summed E-state index contributed by atoms with van der Waals surface area (Å²) in [5, 5.41) is 3.33. The summed E-state index contributed by atoms with van der Waals surface area (Å²) in [6.45, 7) is 5.07. The average molecular weight is 477 g/mol. The maximum absolute atomic E-state index is 13.7. The number of aromatic nitrogens is 2. The third-order valence-corrected chi connectivity index (χ3v) is 4.56. The first kappa shape index (κ1) is 26.0. The molecule has 0 unspecified atom stereocenters. The number of halogens is 2. The zero-order valence-electron chi connectivity index (χ0n) is 18.7. The molecule has 3 rings (SSSR count). The zero-order valence-corrected chi connectivity index (χ0v) is 19.7. The van der Waals surface area contributed by atoms with Gasteiger partial charge in [0.1, 0.15) is 29.6 Å². The summed E-state index contributed by atoms with van der Waals surface area (Å²) in [4.78, 5) is 35.1. The van der Waals surface area contributed by atoms with E-state index in [-0.39, 0.29) is 25.5 Å². The van der Waals surface area contributed by atoms with Crippen LogP contribution in [0.2, 0.25) is 0 Å². The fourth-order valence-electron chi connectivity index (χ4n) is 3.15. The van der Waals surface area contributed by atoms with Crippen LogP contribution >= 0.6 is 13.5 Å². The number of carbonyl (C=O) groups excluding carboxylic acids is 2. The second-order valence-corrected chi connectivity index (χ2v) is 8.34. The minimum absolute atomic E-state index is 0. The molecule has 2 aromatic carbocycles. The standard InChI is InChI=1S/C23H24F2N4O3.H2S/c1-23(2,3)32-22(31)28-20(9-14-7-16(24)10-17(25)8-14)21(30)29(4)18-6-5-15-12-26-13-27-19(15)11-18;/h5-8,10-13,20H,9H2,1-4H3,(H,28,31);1H2/t20-;/m0./s1. The molecule has 3 aromatic rings. The van der Waals surface area contributed by atoms with Gasteiger partial charge in [-0.15, -0.1) is 0 Å². The number of nitrogens with zero attached hydrogens (tertiary/aromatic N) is 3. The summed E-state index contributed by atoms with van der Waals surface area (Å²) < 4.78 is 32.6. The van der Waals surface area contributed by atoms with Crippen LogP contribution in [-0.2, 0) is 16.0 Å². The van der Waals surface area contributed by atoms with Crippen LogP contribution < -0.4 is 10.2 Å². The van der Waals surface area contributed by atoms with Crippen LogP contribution in [0.25, 0.3) is 10.9 Å². The maximum Gasteiger partial charge on any atom is 0.408 e. The second kappa shape index (κ2) is 10.6. The number of anilines is 1. The number of hydrogen-bond acceptors (Lipinski definition) is 5. The number of rotatable bonds is 5. The monoisotopic (exact) mass is 476 g/mol. The minimum Gasteiger partial charge on any atom is -0.444 e. The van der Waals surface area contributed by atoms with E-state index in [0.717, 1.165) is 23.6 Å². The number of likely N-dealkylation sites (N-methyl/N-ethyl adjacent to an activating group) is 1. The van der Waals surface area contributed by atoms with Crippen molar-refractivity contribution in [3.63, 3.8) is 0 Å². The van der Waals surface area contributed by atoms with Crippen molar-refractivity contribution in [1.82, 2.24) is 15.3 Å². The number of ether oxygens (including phenoxy) is 1. The predicted octanol–water partition coefficient (Wildman–Crippen LogP) is 4.12. The molecule has 10 heteroatoms. The van der Waals surface area contributed by atoms with E-state index in [1.807, 2.05) is 0 Å². The highest BCUT2D eigenvalue weighted by molar-refractivity contribution is 7.59. The van der Waals surface area contributed by atoms with Crippen molar-refractivity contribution in [3.05, 3.63) is 66.1 Å². The first-order chi connectivity index (χ1) is 15.0. The number of carbonyl (C=O) groups is 2. The molecular formula is C23H26F2N4O3S. The molecule has 0 fully saturated rings. The van der Waals surface area contributed by atoms with Crippen molar-refractivity contribution in [3.8, 4) is 0 Å². The number of amides is 2. The molecule has 0 spiro atoms. The molecule has 0 aliphatic heterocycles. The third kappa shape index (κ3) is 7.11. The molecule has 1 N–H and O–H groups in total. The smallest absolute Gasteiger partial charge is 0.408 e. The van der Waals surface area contributed by atoms with E-state index in [1.165, 1.54) is 11.2 Å². The van der Waals surface area contributed by atoms with Crippen LogP contribution in [0.4, 0.5) is 19.3 Å². The van der Waals surface area contributed by atoms with Crippen molar-refractivity contribution < 1.29 is 23.1 Å². The minimum atomic E-state index is -1.13. The molecule has 0 aliphatic carbocycles. The fourth-order valence-corrected chi connectivity index (χ4v) is 3.15. The molecule has 0 aliphatic rings. The lowest BCUT2D eigenvalue weighted by Gasteiger charge is -2.27. The van der Waals surface area contributed by atoms with Gasteiger partial charge in [-0.2, -0.15) is 13.5 Å². The molecule has 0 bridgehead atoms. The van der Waals surface area contributed by atoms with Gasteiger partial charge in [0.25, 0.3) is 0 Å². The summed E-state index contributed by atoms with van der Waals surface area (Å²) in [5.74, 6) is -2.04. The van der Waals surface area contributed by atoms with E-state index in [2.05, 4.69) is 15.3 Å². The first-order valence-corrected chi connectivity index (χ1v) is 9.94. The quantitative estimate of drug-likeness (QED) is 0.599. The highest BCUT2D eigenvalue weighted by atomic mass is 32.1. The molecule has 0 saturated carbocycles. The Labute approximate surface area is 197 Å². The normalized spacial score (nSPS) is 11.9. The van der Waals surface area contributed by atoms with Gasteiger partial charge in [-0.3, -0.25) is 4.79 Å². The van der Waals surface area contributed by atoms with Crippen molar-refractivity contribution in [2.24, 2.45) is 0 Å². The summed E-state index contributed by atoms with van der Waals surface area (Å²) in [5.41, 5.74) is 0.604. The highest BCUT2D eigenvalue weighted by Crippen LogP contribution is 2.21. The summed E-state index contributed by atoms with van der Waals surface area (Å²) >= 11 is 0. The number of nitrogens with one attached hydrogen (secondary N) is 1. The van der Waals surface area contributed by atoms with E-state index in [0.29, 0.717) is 11.2 Å². The Balaban J connectivity index is 0.00000385. The lowest BCUT2D eigenvalue weighted by atomic mass is 10.0. The van der Waals surface area contributed by atoms with Crippen molar-refractivity contribution in [2.45, 2.75) is 38.8 Å². The Hall–Kier alpha value is -3.27. The summed E-state index contributed by atoms with van der Waals surface area (Å²) in [6, 6.07) is 7.05. The van der Waals surface area contributed by atoms with Crippen LogP contribution in [0.1, 0.15) is 26.3 Å². The number of benzene rings is 2. The number of hydrogen-bond donors (Lipinski definition) is 1. The van der Waals surface area contributed by atoms with E-state index in [1.54, 1.807) is 52.2 Å². The van der Waals surface area contributed by atoms with E-state index >= 15 is 0 Å².